The number of rotatable bonds is 15. The van der Waals surface area contributed by atoms with Crippen molar-refractivity contribution in [3.8, 4) is 11.5 Å². The van der Waals surface area contributed by atoms with Crippen molar-refractivity contribution in [2.24, 2.45) is 11.8 Å². The fraction of sp³-hybridized carbons (Fsp3) is 0.326. The summed E-state index contributed by atoms with van der Waals surface area (Å²) in [5, 5.41) is 40.8. The summed E-state index contributed by atoms with van der Waals surface area (Å²) in [6, 6.07) is 30.9. The van der Waals surface area contributed by atoms with E-state index in [1.165, 1.54) is 12.1 Å². The number of pyridine rings is 1. The number of aliphatic hydroxyl groups excluding tert-OH is 1. The van der Waals surface area contributed by atoms with Crippen molar-refractivity contribution in [3.63, 3.8) is 0 Å². The van der Waals surface area contributed by atoms with Crippen molar-refractivity contribution < 1.29 is 29.6 Å². The highest BCUT2D eigenvalue weighted by molar-refractivity contribution is 5.94. The number of hydrogen-bond acceptors (Lipinski definition) is 8. The van der Waals surface area contributed by atoms with E-state index in [0.29, 0.717) is 47.7 Å². The minimum atomic E-state index is -1.07. The van der Waals surface area contributed by atoms with Crippen LogP contribution >= 0.6 is 0 Å². The molecule has 3 aliphatic heterocycles. The second-order valence-corrected chi connectivity index (χ2v) is 14.5. The van der Waals surface area contributed by atoms with Crippen molar-refractivity contribution in [1.29, 1.82) is 0 Å². The van der Waals surface area contributed by atoms with Gasteiger partial charge in [0, 0.05) is 42.6 Å². The Bertz CT molecular complexity index is 2170. The van der Waals surface area contributed by atoms with E-state index in [4.69, 9.17) is 4.74 Å². The molecule has 12 heteroatoms. The Kier molecular flexibility index (Phi) is 11.5. The normalized spacial score (nSPS) is 19.3. The maximum absolute atomic E-state index is 12.8. The van der Waals surface area contributed by atoms with Crippen molar-refractivity contribution in [1.82, 2.24) is 25.8 Å². The molecule has 2 bridgehead atoms. The van der Waals surface area contributed by atoms with E-state index in [9.17, 15) is 29.7 Å². The number of carbonyl (C=O) groups is 2. The van der Waals surface area contributed by atoms with Gasteiger partial charge in [-0.05, 0) is 103 Å². The van der Waals surface area contributed by atoms with Gasteiger partial charge in [-0.1, -0.05) is 60.7 Å². The molecule has 4 aromatic carbocycles. The Balaban J connectivity index is 0.925. The van der Waals surface area contributed by atoms with Crippen LogP contribution in [0.3, 0.4) is 0 Å². The zero-order chi connectivity index (χ0) is 38.4. The largest absolute Gasteiger partial charge is 0.506 e. The van der Waals surface area contributed by atoms with E-state index >= 15 is 0 Å². The van der Waals surface area contributed by atoms with Crippen LogP contribution < -0.4 is 26.2 Å². The molecule has 4 heterocycles. The molecule has 3 unspecified atom stereocenters. The van der Waals surface area contributed by atoms with E-state index in [1.807, 2.05) is 66.7 Å². The molecule has 3 saturated heterocycles. The fourth-order valence-electron chi connectivity index (χ4n) is 8.32. The Morgan fingerprint density at radius 3 is 2.40 bits per heavy atom. The van der Waals surface area contributed by atoms with Crippen molar-refractivity contribution in [2.45, 2.75) is 37.5 Å². The van der Waals surface area contributed by atoms with Crippen LogP contribution in [0.15, 0.2) is 108 Å². The van der Waals surface area contributed by atoms with Crippen LogP contribution in [0.1, 0.15) is 58.0 Å². The summed E-state index contributed by atoms with van der Waals surface area (Å²) in [5.41, 5.74) is 2.76. The summed E-state index contributed by atoms with van der Waals surface area (Å²) in [5.74, 6) is 0.819. The number of H-pyrrole nitrogens is 1. The molecule has 1 aromatic heterocycles. The number of benzene rings is 4. The number of ether oxygens (including phenoxy) is 1. The molecule has 3 atom stereocenters. The first-order valence-corrected chi connectivity index (χ1v) is 18.8. The number of phenolic OH excluding ortho intramolecular Hbond substituents is 1. The quantitative estimate of drug-likeness (QED) is 0.0719. The molecular weight excluding hydrogens is 699 g/mol. The predicted molar refractivity (Wildman–Crippen MR) is 209 cm³/mol. The van der Waals surface area contributed by atoms with Gasteiger partial charge in [0.25, 0.3) is 5.91 Å². The molecular formula is C43H47N5O7. The molecule has 12 nitrogen and oxygen atoms in total. The van der Waals surface area contributed by atoms with Crippen LogP contribution in [0, 0.1) is 11.8 Å². The highest BCUT2D eigenvalue weighted by atomic mass is 16.5. The maximum Gasteiger partial charge on any atom is 0.405 e. The molecule has 0 saturated carbocycles. The van der Waals surface area contributed by atoms with Gasteiger partial charge in [-0.2, -0.15) is 0 Å². The van der Waals surface area contributed by atoms with Crippen LogP contribution in [0.25, 0.3) is 10.9 Å². The number of aliphatic hydroxyl groups is 1. The van der Waals surface area contributed by atoms with E-state index in [-0.39, 0.29) is 41.8 Å². The molecule has 286 valence electrons. The third-order valence-electron chi connectivity index (χ3n) is 11.1. The van der Waals surface area contributed by atoms with Crippen molar-refractivity contribution in [2.75, 3.05) is 39.3 Å². The number of carbonyl (C=O) groups excluding carboxylic acids is 1. The lowest BCUT2D eigenvalue weighted by Crippen LogP contribution is -2.61. The van der Waals surface area contributed by atoms with E-state index < -0.39 is 17.7 Å². The van der Waals surface area contributed by atoms with Gasteiger partial charge in [-0.15, -0.1) is 0 Å². The fourth-order valence-corrected chi connectivity index (χ4v) is 8.32. The number of aromatic nitrogens is 1. The molecule has 0 radical (unpaired) electrons. The topological polar surface area (TPSA) is 176 Å². The third kappa shape index (κ3) is 8.36. The highest BCUT2D eigenvalue weighted by Gasteiger charge is 2.50. The summed E-state index contributed by atoms with van der Waals surface area (Å²) in [4.78, 5) is 42.0. The van der Waals surface area contributed by atoms with Crippen LogP contribution in [0.5, 0.6) is 11.5 Å². The van der Waals surface area contributed by atoms with Crippen LogP contribution in [0.2, 0.25) is 0 Å². The number of aromatic amines is 1. The number of piperidine rings is 3. The number of nitrogens with one attached hydrogen (secondary N) is 4. The number of phenols is 1. The van der Waals surface area contributed by atoms with Crippen molar-refractivity contribution >= 4 is 22.9 Å². The SMILES string of the molecule is O=C(O)NC(c1ccccc1)(c1cccc(OCc2ccc(C(=O)NCCCNCC(O)c3ccc(O)c4[nH]c(=O)ccc34)cc2)c1)C1CN2CCC1CC2. The first kappa shape index (κ1) is 37.6. The summed E-state index contributed by atoms with van der Waals surface area (Å²) in [6.07, 6.45) is 0.798. The Morgan fingerprint density at radius 1 is 0.909 bits per heavy atom. The summed E-state index contributed by atoms with van der Waals surface area (Å²) >= 11 is 0. The van der Waals surface area contributed by atoms with Crippen molar-refractivity contribution in [3.05, 3.63) is 141 Å². The van der Waals surface area contributed by atoms with Gasteiger partial charge >= 0.3 is 6.09 Å². The van der Waals surface area contributed by atoms with E-state index in [1.54, 1.807) is 24.3 Å². The standard InChI is InChI=1S/C43H47N5O7/c49-37-16-14-34(35-15-17-39(51)46-40(35)37)38(50)25-44-20-5-21-45-41(52)30-12-10-28(11-13-30)27-55-33-9-4-8-32(24-33)43(47-42(53)54,31-6-2-1-3-7-31)36-26-48-22-18-29(36)19-23-48/h1-4,6-17,24,29,36,38,44,47,49-50H,5,18-23,25-27H2,(H,45,52)(H,46,51)(H,53,54). The third-order valence-corrected chi connectivity index (χ3v) is 11.1. The van der Waals surface area contributed by atoms with Gasteiger partial charge < -0.3 is 45.9 Å². The van der Waals surface area contributed by atoms with Crippen LogP contribution in [-0.4, -0.2) is 76.5 Å². The lowest BCUT2D eigenvalue weighted by atomic mass is 9.63. The Morgan fingerprint density at radius 2 is 1.67 bits per heavy atom. The van der Waals surface area contributed by atoms with E-state index in [2.05, 4.69) is 25.8 Å². The zero-order valence-electron chi connectivity index (χ0n) is 30.5. The minimum absolute atomic E-state index is 0.0547. The molecule has 7 N–H and O–H groups in total. The number of fused-ring (bicyclic) bond motifs is 4. The average Bonchev–Trinajstić information content (AvgIpc) is 3.21. The Hall–Kier alpha value is -5.69. The number of amides is 2. The van der Waals surface area contributed by atoms with Gasteiger partial charge in [-0.3, -0.25) is 9.59 Å². The maximum atomic E-state index is 12.8. The van der Waals surface area contributed by atoms with E-state index in [0.717, 1.165) is 49.2 Å². The number of aromatic hydroxyl groups is 1. The lowest BCUT2D eigenvalue weighted by Gasteiger charge is -2.53. The first-order chi connectivity index (χ1) is 26.7. The smallest absolute Gasteiger partial charge is 0.405 e. The average molecular weight is 746 g/mol. The van der Waals surface area contributed by atoms with Gasteiger partial charge in [0.1, 0.15) is 18.1 Å². The monoisotopic (exact) mass is 745 g/mol. The minimum Gasteiger partial charge on any atom is -0.506 e. The van der Waals surface area contributed by atoms with Crippen LogP contribution in [-0.2, 0) is 12.1 Å². The predicted octanol–water partition coefficient (Wildman–Crippen LogP) is 5.11. The summed E-state index contributed by atoms with van der Waals surface area (Å²) in [6.45, 7) is 4.42. The molecule has 3 aliphatic rings. The van der Waals surface area contributed by atoms with Gasteiger partial charge in [0.15, 0.2) is 0 Å². The Labute approximate surface area is 319 Å². The number of carboxylic acid groups (broad SMARTS) is 1. The van der Waals surface area contributed by atoms with Gasteiger partial charge in [0.05, 0.1) is 17.2 Å². The second kappa shape index (κ2) is 16.8. The summed E-state index contributed by atoms with van der Waals surface area (Å²) < 4.78 is 6.26. The van der Waals surface area contributed by atoms with Crippen LogP contribution in [0.4, 0.5) is 4.79 Å². The first-order valence-electron chi connectivity index (χ1n) is 18.8. The lowest BCUT2D eigenvalue weighted by molar-refractivity contribution is 0.00716. The zero-order valence-corrected chi connectivity index (χ0v) is 30.5. The summed E-state index contributed by atoms with van der Waals surface area (Å²) in [7, 11) is 0. The number of hydrogen-bond donors (Lipinski definition) is 7. The molecule has 3 fully saturated rings. The number of nitrogens with zero attached hydrogens (tertiary/aromatic N) is 1. The molecule has 55 heavy (non-hydrogen) atoms. The second-order valence-electron chi connectivity index (χ2n) is 14.5. The molecule has 0 aliphatic carbocycles. The molecule has 0 spiro atoms. The molecule has 8 rings (SSSR count). The van der Waals surface area contributed by atoms with Gasteiger partial charge in [-0.25, -0.2) is 4.79 Å². The molecule has 2 amide bonds. The highest BCUT2D eigenvalue weighted by Crippen LogP contribution is 2.47. The molecule has 5 aromatic rings. The van der Waals surface area contributed by atoms with Gasteiger partial charge in [0.2, 0.25) is 5.56 Å².